The minimum absolute atomic E-state index is 1.24. The normalized spacial score (nSPS) is 44.0. The third kappa shape index (κ3) is 3.74. The third-order valence-corrected chi connectivity index (χ3v) is 0.125. The molecular weight excluding hydrogens is 60.1 g/mol. The van der Waals surface area contributed by atoms with E-state index in [2.05, 4.69) is 0 Å². The molecule has 0 aliphatic carbocycles. The Kier molecular flexibility index (Phi) is 0.263. The largest absolute Gasteiger partial charge is 0.103 e. The Balaban J connectivity index is 5.49. The molecule has 30 valence electrons. The summed E-state index contributed by atoms with van der Waals surface area (Å²) in [6.07, 6.45) is -6.51. The van der Waals surface area contributed by atoms with E-state index >= 15 is 0 Å². The maximum Gasteiger partial charge on any atom is 0.0570 e. The van der Waals surface area contributed by atoms with E-state index in [4.69, 9.17) is 13.7 Å². The highest BCUT2D eigenvalue weighted by Gasteiger charge is 1.61. The van der Waals surface area contributed by atoms with Crippen LogP contribution in [0.5, 0.6) is 0 Å². The van der Waals surface area contributed by atoms with Gasteiger partial charge in [0.05, 0.1) is 4.11 Å². The first-order chi connectivity index (χ1) is 6.35. The summed E-state index contributed by atoms with van der Waals surface area (Å²) in [5.74, 6) is 0. The van der Waals surface area contributed by atoms with Gasteiger partial charge >= 0.3 is 0 Å². The molecule has 0 atom stereocenters. The Bertz CT molecular complexity index is 266. The number of rotatable bonds is 2. The van der Waals surface area contributed by atoms with Crippen LogP contribution in [0.25, 0.3) is 0 Å². The fourth-order valence-corrected chi connectivity index (χ4v) is 0.0312. The molecule has 0 heterocycles. The smallest absolute Gasteiger partial charge is 0.0570 e. The molecule has 0 aliphatic heterocycles. The first kappa shape index (κ1) is 0.351. The zero-order valence-electron chi connectivity index (χ0n) is 12.5. The topological polar surface area (TPSA) is 0 Å². The van der Waals surface area contributed by atoms with Crippen LogP contribution in [-0.4, -0.2) is 0 Å². The Labute approximate surface area is 47.6 Å². The number of allylic oxidation sites excluding steroid dienone is 1. The molecule has 0 radical (unpaired) electrons. The Morgan fingerprint density at radius 1 is 2.80 bits per heavy atom. The highest BCUT2D eigenvalue weighted by atomic mass is 13.7. The molecule has 0 unspecified atom stereocenters. The predicted molar refractivity (Wildman–Crippen MR) is 25.1 cm³/mol. The van der Waals surface area contributed by atoms with E-state index in [9.17, 15) is 0 Å². The van der Waals surface area contributed by atoms with Gasteiger partial charge in [-0.25, -0.2) is 0 Å². The van der Waals surface area contributed by atoms with Gasteiger partial charge < -0.3 is 0 Å². The minimum Gasteiger partial charge on any atom is -0.103 e. The molecule has 0 bridgehead atoms. The van der Waals surface area contributed by atoms with Crippen molar-refractivity contribution in [3.63, 3.8) is 0 Å². The van der Waals surface area contributed by atoms with Crippen molar-refractivity contribution < 1.29 is 13.7 Å². The lowest BCUT2D eigenvalue weighted by Crippen LogP contribution is -1.52. The summed E-state index contributed by atoms with van der Waals surface area (Å²) in [4.78, 5) is 0. The monoisotopic (exact) mass is 80.1 g/mol. The second-order valence-electron chi connectivity index (χ2n) is 0.375. The third-order valence-electron chi connectivity index (χ3n) is 0.125. The van der Waals surface area contributed by atoms with Crippen molar-refractivity contribution in [3.8, 4) is 0 Å². The summed E-state index contributed by atoms with van der Waals surface area (Å²) in [5, 5.41) is 0. The standard InChI is InChI=1S/C5H10/c1-3-5-4-2/h3H,1,4-5H2,2H3/i1D2,2D3,3D,4D2,5D2. The van der Waals surface area contributed by atoms with Crippen molar-refractivity contribution in [3.05, 3.63) is 12.6 Å². The Hall–Kier alpha value is -0.260. The van der Waals surface area contributed by atoms with Gasteiger partial charge in [-0.05, 0) is 6.37 Å². The van der Waals surface area contributed by atoms with E-state index in [0.717, 1.165) is 0 Å². The van der Waals surface area contributed by atoms with E-state index in [-0.39, 0.29) is 0 Å². The first-order valence-electron chi connectivity index (χ1n) is 6.00. The first-order valence-corrected chi connectivity index (χ1v) is 1.00. The van der Waals surface area contributed by atoms with E-state index in [1.807, 2.05) is 0 Å². The van der Waals surface area contributed by atoms with Gasteiger partial charge in [-0.15, -0.1) is 6.53 Å². The molecule has 0 aliphatic rings. The molecule has 0 amide bonds. The molecule has 0 nitrogen and oxygen atoms in total. The SMILES string of the molecule is [2H]C([2H])=C([2H])C([2H])([2H])C([2H])([2H])C([2H])([2H])[2H]. The zero-order valence-corrected chi connectivity index (χ0v) is 2.50. The van der Waals surface area contributed by atoms with Crippen LogP contribution >= 0.6 is 0 Å². The minimum atomic E-state index is -3.32. The van der Waals surface area contributed by atoms with Gasteiger partial charge in [0.15, 0.2) is 0 Å². The second kappa shape index (κ2) is 3.74. The van der Waals surface area contributed by atoms with Gasteiger partial charge in [-0.2, -0.15) is 0 Å². The molecule has 0 rings (SSSR count). The molecule has 0 heteroatoms. The summed E-state index contributed by atoms with van der Waals surface area (Å²) < 4.78 is 69.4. The number of hydrogen-bond acceptors (Lipinski definition) is 0. The molecule has 0 N–H and O–H groups in total. The fraction of sp³-hybridized carbons (Fsp3) is 0.600. The lowest BCUT2D eigenvalue weighted by atomic mass is 10.3. The van der Waals surface area contributed by atoms with Crippen LogP contribution in [0.15, 0.2) is 12.6 Å². The molecular formula is C5H10. The quantitative estimate of drug-likeness (QED) is 0.445. The average Bonchev–Trinajstić information content (AvgIpc) is 2.00. The van der Waals surface area contributed by atoms with Gasteiger partial charge in [0, 0.05) is 9.60 Å². The molecule has 5 heavy (non-hydrogen) atoms. The van der Waals surface area contributed by atoms with Crippen LogP contribution < -0.4 is 0 Å². The van der Waals surface area contributed by atoms with Crippen molar-refractivity contribution >= 4 is 0 Å². The predicted octanol–water partition coefficient (Wildman–Crippen LogP) is 1.97. The summed E-state index contributed by atoms with van der Waals surface area (Å²) >= 11 is 0. The van der Waals surface area contributed by atoms with Gasteiger partial charge in [0.25, 0.3) is 0 Å². The zero-order chi connectivity index (χ0) is 12.7. The molecule has 0 aromatic rings. The van der Waals surface area contributed by atoms with Crippen LogP contribution in [0.2, 0.25) is 0 Å². The maximum atomic E-state index is 7.17. The summed E-state index contributed by atoms with van der Waals surface area (Å²) in [5.41, 5.74) is 0. The van der Waals surface area contributed by atoms with Gasteiger partial charge in [0.2, 0.25) is 0 Å². The van der Waals surface area contributed by atoms with Crippen LogP contribution in [0.3, 0.4) is 0 Å². The van der Waals surface area contributed by atoms with Crippen molar-refractivity contribution in [2.75, 3.05) is 0 Å². The van der Waals surface area contributed by atoms with Crippen molar-refractivity contribution in [2.24, 2.45) is 0 Å². The van der Waals surface area contributed by atoms with E-state index in [1.165, 1.54) is 0 Å². The molecule has 0 aromatic heterocycles. The summed E-state index contributed by atoms with van der Waals surface area (Å²) in [6, 6.07) is -1.29. The highest BCUT2D eigenvalue weighted by Crippen LogP contribution is 1.82. The molecule has 0 saturated heterocycles. The lowest BCUT2D eigenvalue weighted by molar-refractivity contribution is 0.961. The van der Waals surface area contributed by atoms with Crippen LogP contribution in [0.4, 0.5) is 0 Å². The maximum absolute atomic E-state index is 7.17. The molecule has 0 aromatic carbocycles. The van der Waals surface area contributed by atoms with Crippen LogP contribution in [-0.2, 0) is 0 Å². The highest BCUT2D eigenvalue weighted by molar-refractivity contribution is 4.63. The van der Waals surface area contributed by atoms with Crippen molar-refractivity contribution in [1.29, 1.82) is 0 Å². The van der Waals surface area contributed by atoms with Crippen LogP contribution in [0, 0.1) is 0 Å². The molecule has 0 spiro atoms. The molecule has 0 fully saturated rings. The summed E-state index contributed by atoms with van der Waals surface area (Å²) in [7, 11) is 0. The van der Waals surface area contributed by atoms with Gasteiger partial charge in [-0.1, -0.05) is 19.3 Å². The van der Waals surface area contributed by atoms with E-state index in [1.54, 1.807) is 0 Å². The average molecular weight is 80.2 g/mol. The second-order valence-corrected chi connectivity index (χ2v) is 0.375. The van der Waals surface area contributed by atoms with Crippen molar-refractivity contribution in [2.45, 2.75) is 19.6 Å². The number of hydrogen-bond donors (Lipinski definition) is 0. The lowest BCUT2D eigenvalue weighted by Gasteiger charge is -1.72. The Morgan fingerprint density at radius 2 is 3.80 bits per heavy atom. The van der Waals surface area contributed by atoms with Gasteiger partial charge in [-0.3, -0.25) is 0 Å². The van der Waals surface area contributed by atoms with Crippen molar-refractivity contribution in [1.82, 2.24) is 0 Å². The summed E-state index contributed by atoms with van der Waals surface area (Å²) in [6.45, 7) is -4.51. The molecule has 0 saturated carbocycles. The van der Waals surface area contributed by atoms with Crippen LogP contribution in [0.1, 0.15) is 33.3 Å². The fourth-order valence-electron chi connectivity index (χ4n) is 0.0312. The van der Waals surface area contributed by atoms with E-state index in [0.29, 0.717) is 0 Å². The Morgan fingerprint density at radius 3 is 4.40 bits per heavy atom. The van der Waals surface area contributed by atoms with E-state index < -0.39 is 32.2 Å². The van der Waals surface area contributed by atoms with Gasteiger partial charge in [0.1, 0.15) is 0 Å².